The number of fused-ring (bicyclic) bond motifs is 3. The van der Waals surface area contributed by atoms with Crippen molar-refractivity contribution in [3.05, 3.63) is 16.7 Å². The van der Waals surface area contributed by atoms with Gasteiger partial charge in [-0.25, -0.2) is 18.2 Å². The van der Waals surface area contributed by atoms with Crippen LogP contribution in [0.3, 0.4) is 0 Å². The number of aliphatic carboxylic acids is 1. The highest BCUT2D eigenvalue weighted by Crippen LogP contribution is 2.52. The fraction of sp³-hybridized carbons (Fsp3) is 0.682. The van der Waals surface area contributed by atoms with Crippen LogP contribution < -0.4 is 9.80 Å². The average molecular weight is 434 g/mol. The molecule has 4 heterocycles. The average Bonchev–Trinajstić information content (AvgIpc) is 2.74. The summed E-state index contributed by atoms with van der Waals surface area (Å²) < 4.78 is 44.0. The molecule has 4 fully saturated rings. The summed E-state index contributed by atoms with van der Waals surface area (Å²) in [5.74, 6) is -2.79. The number of hydrogen-bond acceptors (Lipinski definition) is 5. The highest BCUT2D eigenvalue weighted by Gasteiger charge is 2.50. The minimum absolute atomic E-state index is 0.0403. The van der Waals surface area contributed by atoms with E-state index in [2.05, 4.69) is 0 Å². The molecule has 1 unspecified atom stereocenters. The van der Waals surface area contributed by atoms with E-state index < -0.39 is 24.1 Å². The first kappa shape index (κ1) is 20.4. The Morgan fingerprint density at radius 1 is 1.29 bits per heavy atom. The molecule has 3 aliphatic heterocycles. The van der Waals surface area contributed by atoms with Crippen LogP contribution in [0.1, 0.15) is 49.3 Å². The zero-order valence-corrected chi connectivity index (χ0v) is 17.3. The third-order valence-corrected chi connectivity index (χ3v) is 7.75. The van der Waals surface area contributed by atoms with Gasteiger partial charge in [0.2, 0.25) is 0 Å². The fourth-order valence-corrected chi connectivity index (χ4v) is 5.97. The fourth-order valence-electron chi connectivity index (χ4n) is 5.97. The van der Waals surface area contributed by atoms with Crippen LogP contribution in [0, 0.1) is 29.1 Å². The van der Waals surface area contributed by atoms with Gasteiger partial charge in [0.1, 0.15) is 29.4 Å². The van der Waals surface area contributed by atoms with Crippen LogP contribution in [-0.2, 0) is 17.1 Å². The molecular formula is C22H25F3N4O2. The maximum absolute atomic E-state index is 15.1. The number of nitriles is 1. The Morgan fingerprint density at radius 3 is 2.58 bits per heavy atom. The van der Waals surface area contributed by atoms with Crippen LogP contribution >= 0.6 is 0 Å². The lowest BCUT2D eigenvalue weighted by Crippen LogP contribution is -2.58. The first-order valence-electron chi connectivity index (χ1n) is 10.9. The van der Waals surface area contributed by atoms with Gasteiger partial charge in [-0.3, -0.25) is 4.79 Å². The molecule has 1 N–H and O–H groups in total. The lowest BCUT2D eigenvalue weighted by Gasteiger charge is -2.54. The molecule has 31 heavy (non-hydrogen) atoms. The second-order valence-corrected chi connectivity index (χ2v) is 9.49. The van der Waals surface area contributed by atoms with E-state index in [9.17, 15) is 14.4 Å². The van der Waals surface area contributed by atoms with Gasteiger partial charge in [-0.05, 0) is 43.9 Å². The van der Waals surface area contributed by atoms with Crippen molar-refractivity contribution in [1.29, 1.82) is 5.26 Å². The summed E-state index contributed by atoms with van der Waals surface area (Å²) in [6.45, 7) is 2.86. The molecule has 1 aromatic rings. The number of pyridine rings is 1. The SMILES string of the molecule is C[C@H]1C(F)CN1c1nc(N2C[C@H]3C[C@@H](C2)[C@@H]3CC(=O)O)c2c(c1C#N)C(F)(F)CCC2. The Kier molecular flexibility index (Phi) is 4.61. The molecule has 0 amide bonds. The summed E-state index contributed by atoms with van der Waals surface area (Å²) >= 11 is 0. The summed E-state index contributed by atoms with van der Waals surface area (Å²) in [5.41, 5.74) is 0.0582. The molecular weight excluding hydrogens is 409 g/mol. The minimum atomic E-state index is -3.13. The molecule has 0 aromatic carbocycles. The van der Waals surface area contributed by atoms with E-state index in [4.69, 9.17) is 10.1 Å². The first-order chi connectivity index (χ1) is 14.7. The molecule has 0 radical (unpaired) electrons. The summed E-state index contributed by atoms with van der Waals surface area (Å²) in [4.78, 5) is 19.5. The molecule has 5 aliphatic rings. The number of carboxylic acid groups (broad SMARTS) is 1. The van der Waals surface area contributed by atoms with Gasteiger partial charge in [-0.1, -0.05) is 0 Å². The van der Waals surface area contributed by atoms with Crippen molar-refractivity contribution >= 4 is 17.6 Å². The number of hydrogen-bond donors (Lipinski definition) is 1. The molecule has 3 saturated heterocycles. The van der Waals surface area contributed by atoms with Crippen molar-refractivity contribution in [1.82, 2.24) is 4.98 Å². The van der Waals surface area contributed by atoms with Crippen molar-refractivity contribution in [2.24, 2.45) is 17.8 Å². The van der Waals surface area contributed by atoms with E-state index in [-0.39, 0.29) is 54.1 Å². The predicted octanol–water partition coefficient (Wildman–Crippen LogP) is 3.47. The van der Waals surface area contributed by atoms with Gasteiger partial charge < -0.3 is 14.9 Å². The number of carboxylic acids is 1. The van der Waals surface area contributed by atoms with Crippen molar-refractivity contribution in [2.45, 2.75) is 57.2 Å². The van der Waals surface area contributed by atoms with E-state index >= 15 is 8.78 Å². The molecule has 2 aliphatic carbocycles. The maximum atomic E-state index is 15.1. The first-order valence-corrected chi connectivity index (χ1v) is 10.9. The van der Waals surface area contributed by atoms with Gasteiger partial charge in [-0.2, -0.15) is 5.26 Å². The third-order valence-electron chi connectivity index (χ3n) is 7.75. The number of halogens is 3. The number of alkyl halides is 3. The van der Waals surface area contributed by atoms with Crippen LogP contribution in [0.4, 0.5) is 24.8 Å². The van der Waals surface area contributed by atoms with Crippen LogP contribution in [0.15, 0.2) is 0 Å². The standard InChI is InChI=1S/C22H25F3N4O2/c1-11-17(23)10-29(11)21-16(7-26)19-14(3-2-4-22(19,24)25)20(27-21)28-8-12-5-13(9-28)15(12)6-18(30)31/h11-13,15,17H,2-6,8-10H2,1H3,(H,30,31)/t11-,12-,13+,15-,17?/m0/s1. The molecule has 166 valence electrons. The van der Waals surface area contributed by atoms with Crippen molar-refractivity contribution in [2.75, 3.05) is 29.4 Å². The van der Waals surface area contributed by atoms with Crippen molar-refractivity contribution < 1.29 is 23.1 Å². The third kappa shape index (κ3) is 3.06. The maximum Gasteiger partial charge on any atom is 0.303 e. The van der Waals surface area contributed by atoms with Crippen LogP contribution in [-0.4, -0.2) is 47.9 Å². The monoisotopic (exact) mass is 434 g/mol. The number of piperidine rings is 2. The highest BCUT2D eigenvalue weighted by atomic mass is 19.3. The second-order valence-electron chi connectivity index (χ2n) is 9.49. The predicted molar refractivity (Wildman–Crippen MR) is 107 cm³/mol. The molecule has 1 saturated carbocycles. The molecule has 0 spiro atoms. The summed E-state index contributed by atoms with van der Waals surface area (Å²) in [6, 6.07) is 1.43. The van der Waals surface area contributed by atoms with Crippen LogP contribution in [0.2, 0.25) is 0 Å². The summed E-state index contributed by atoms with van der Waals surface area (Å²) in [5, 5.41) is 18.9. The molecule has 5 atom stereocenters. The number of rotatable bonds is 4. The van der Waals surface area contributed by atoms with E-state index in [1.807, 2.05) is 11.0 Å². The zero-order chi connectivity index (χ0) is 22.1. The van der Waals surface area contributed by atoms with E-state index in [1.165, 1.54) is 0 Å². The normalized spacial score (nSPS) is 33.1. The Balaban J connectivity index is 1.57. The number of aromatic nitrogens is 1. The zero-order valence-electron chi connectivity index (χ0n) is 17.3. The lowest BCUT2D eigenvalue weighted by molar-refractivity contribution is -0.141. The van der Waals surface area contributed by atoms with Crippen molar-refractivity contribution in [3.63, 3.8) is 0 Å². The van der Waals surface area contributed by atoms with Gasteiger partial charge in [-0.15, -0.1) is 0 Å². The van der Waals surface area contributed by atoms with E-state index in [0.29, 0.717) is 37.3 Å². The number of anilines is 2. The van der Waals surface area contributed by atoms with E-state index in [1.54, 1.807) is 11.8 Å². The topological polar surface area (TPSA) is 80.5 Å². The molecule has 1 aromatic heterocycles. The minimum Gasteiger partial charge on any atom is -0.481 e. The van der Waals surface area contributed by atoms with Gasteiger partial charge in [0.05, 0.1) is 12.6 Å². The van der Waals surface area contributed by atoms with Crippen LogP contribution in [0.25, 0.3) is 0 Å². The second kappa shape index (κ2) is 7.01. The number of carbonyl (C=O) groups is 1. The largest absolute Gasteiger partial charge is 0.481 e. The van der Waals surface area contributed by atoms with Gasteiger partial charge in [0.15, 0.2) is 0 Å². The molecule has 6 rings (SSSR count). The van der Waals surface area contributed by atoms with Crippen LogP contribution in [0.5, 0.6) is 0 Å². The lowest BCUT2D eigenvalue weighted by atomic mass is 9.60. The van der Waals surface area contributed by atoms with Gasteiger partial charge in [0.25, 0.3) is 5.92 Å². The van der Waals surface area contributed by atoms with Crippen molar-refractivity contribution in [3.8, 4) is 6.07 Å². The smallest absolute Gasteiger partial charge is 0.303 e. The van der Waals surface area contributed by atoms with Gasteiger partial charge >= 0.3 is 5.97 Å². The highest BCUT2D eigenvalue weighted by molar-refractivity contribution is 5.70. The number of nitrogens with zero attached hydrogens (tertiary/aromatic N) is 4. The Hall–Kier alpha value is -2.50. The molecule has 6 nitrogen and oxygen atoms in total. The molecule has 9 heteroatoms. The Bertz CT molecular complexity index is 966. The summed E-state index contributed by atoms with van der Waals surface area (Å²) in [6.07, 6.45) is 0.428. The Labute approximate surface area is 178 Å². The Morgan fingerprint density at radius 2 is 2.00 bits per heavy atom. The quantitative estimate of drug-likeness (QED) is 0.782. The van der Waals surface area contributed by atoms with Gasteiger partial charge in [0, 0.05) is 37.1 Å². The summed E-state index contributed by atoms with van der Waals surface area (Å²) in [7, 11) is 0. The van der Waals surface area contributed by atoms with E-state index in [0.717, 1.165) is 6.42 Å². The molecule has 2 bridgehead atoms.